The zero-order valence-corrected chi connectivity index (χ0v) is 32.0. The standard InChI is InChI=1S/C38H52N3O10P/c1-8-11-13-18-31(32(9-2)41(26-42)51-37(45)50-38(4,5)6)35(43)39-25-40-36(44)34-20-19-33(49-34)28-21-29(47-10-3)23-30(22-28)52(7,46)48-24-27-16-14-12-15-17-27/h12,14-17,19-23,26,31-32H,8-11,13,18,24-25H2,1-7H3,(H,39,43)(H,40,44)/t31-,32-,52?/m1/s1. The van der Waals surface area contributed by atoms with Crippen LogP contribution in [-0.2, 0) is 34.9 Å². The predicted molar refractivity (Wildman–Crippen MR) is 197 cm³/mol. The van der Waals surface area contributed by atoms with Crippen molar-refractivity contribution in [1.29, 1.82) is 0 Å². The molecule has 1 unspecified atom stereocenters. The highest BCUT2D eigenvalue weighted by Gasteiger charge is 2.34. The van der Waals surface area contributed by atoms with Crippen LogP contribution in [0.25, 0.3) is 11.3 Å². The number of amides is 3. The summed E-state index contributed by atoms with van der Waals surface area (Å²) in [5.74, 6) is -0.972. The molecule has 2 aromatic carbocycles. The first kappa shape index (κ1) is 41.8. The Balaban J connectivity index is 1.70. The molecule has 14 heteroatoms. The molecule has 0 aliphatic heterocycles. The minimum absolute atomic E-state index is 0.0172. The van der Waals surface area contributed by atoms with Gasteiger partial charge in [-0.25, -0.2) is 4.79 Å². The number of carbonyl (C=O) groups excluding carboxylic acids is 4. The van der Waals surface area contributed by atoms with E-state index in [2.05, 4.69) is 10.6 Å². The van der Waals surface area contributed by atoms with Gasteiger partial charge >= 0.3 is 6.16 Å². The first-order valence-electron chi connectivity index (χ1n) is 17.6. The van der Waals surface area contributed by atoms with Gasteiger partial charge < -0.3 is 33.9 Å². The molecule has 1 heterocycles. The number of rotatable bonds is 20. The van der Waals surface area contributed by atoms with Crippen molar-refractivity contribution < 1.29 is 47.0 Å². The third-order valence-electron chi connectivity index (χ3n) is 7.96. The van der Waals surface area contributed by atoms with Crippen LogP contribution in [0, 0.1) is 5.92 Å². The lowest BCUT2D eigenvalue weighted by molar-refractivity contribution is -0.182. The monoisotopic (exact) mass is 741 g/mol. The summed E-state index contributed by atoms with van der Waals surface area (Å²) in [5, 5.41) is 6.60. The molecule has 0 aliphatic carbocycles. The van der Waals surface area contributed by atoms with Crippen molar-refractivity contribution in [3.63, 3.8) is 0 Å². The predicted octanol–water partition coefficient (Wildman–Crippen LogP) is 7.20. The van der Waals surface area contributed by atoms with Gasteiger partial charge in [0.1, 0.15) is 17.1 Å². The van der Waals surface area contributed by atoms with Crippen molar-refractivity contribution >= 4 is 37.1 Å². The summed E-state index contributed by atoms with van der Waals surface area (Å²) in [7, 11) is -3.29. The first-order valence-corrected chi connectivity index (χ1v) is 19.6. The Kier molecular flexibility index (Phi) is 16.0. The molecule has 3 rings (SSSR count). The van der Waals surface area contributed by atoms with Gasteiger partial charge in [-0.15, -0.1) is 0 Å². The molecule has 0 saturated carbocycles. The first-order chi connectivity index (χ1) is 24.7. The zero-order chi connectivity index (χ0) is 38.3. The lowest BCUT2D eigenvalue weighted by Crippen LogP contribution is -2.49. The lowest BCUT2D eigenvalue weighted by Gasteiger charge is -2.32. The lowest BCUT2D eigenvalue weighted by atomic mass is 9.90. The van der Waals surface area contributed by atoms with Crippen molar-refractivity contribution in [3.05, 3.63) is 72.0 Å². The minimum atomic E-state index is -3.29. The number of nitrogens with one attached hydrogen (secondary N) is 2. The topological polar surface area (TPSA) is 163 Å². The van der Waals surface area contributed by atoms with Gasteiger partial charge in [0.15, 0.2) is 5.76 Å². The highest BCUT2D eigenvalue weighted by atomic mass is 31.2. The maximum Gasteiger partial charge on any atom is 0.534 e. The van der Waals surface area contributed by atoms with Crippen LogP contribution in [0.2, 0.25) is 0 Å². The van der Waals surface area contributed by atoms with Crippen LogP contribution < -0.4 is 20.7 Å². The van der Waals surface area contributed by atoms with Crippen LogP contribution in [0.5, 0.6) is 5.75 Å². The second kappa shape index (κ2) is 19.8. The Morgan fingerprint density at radius 2 is 1.71 bits per heavy atom. The van der Waals surface area contributed by atoms with E-state index in [-0.39, 0.29) is 19.0 Å². The fourth-order valence-electron chi connectivity index (χ4n) is 5.38. The molecule has 0 radical (unpaired) electrons. The molecular formula is C38H52N3O10P. The summed E-state index contributed by atoms with van der Waals surface area (Å²) in [6.07, 6.45) is 2.50. The Morgan fingerprint density at radius 1 is 0.981 bits per heavy atom. The van der Waals surface area contributed by atoms with Gasteiger partial charge in [-0.05, 0) is 76.4 Å². The van der Waals surface area contributed by atoms with E-state index in [1.165, 1.54) is 6.07 Å². The quantitative estimate of drug-likeness (QED) is 0.0302. The van der Waals surface area contributed by atoms with E-state index in [4.69, 9.17) is 23.3 Å². The van der Waals surface area contributed by atoms with Gasteiger partial charge in [0.25, 0.3) is 5.91 Å². The third-order valence-corrected chi connectivity index (χ3v) is 9.77. The van der Waals surface area contributed by atoms with Crippen molar-refractivity contribution in [2.24, 2.45) is 5.92 Å². The molecule has 0 fully saturated rings. The molecule has 0 saturated heterocycles. The van der Waals surface area contributed by atoms with Crippen LogP contribution in [0.1, 0.15) is 89.8 Å². The number of hydrogen-bond acceptors (Lipinski definition) is 10. The number of ether oxygens (including phenoxy) is 2. The molecule has 2 N–H and O–H groups in total. The number of unbranched alkanes of at least 4 members (excludes halogenated alkanes) is 2. The summed E-state index contributed by atoms with van der Waals surface area (Å²) in [6, 6.07) is 16.9. The maximum atomic E-state index is 13.7. The van der Waals surface area contributed by atoms with E-state index in [1.54, 1.807) is 58.6 Å². The second-order valence-electron chi connectivity index (χ2n) is 13.2. The Labute approximate surface area is 306 Å². The molecule has 3 atom stereocenters. The Morgan fingerprint density at radius 3 is 2.35 bits per heavy atom. The Hall–Kier alpha value is -4.61. The Bertz CT molecular complexity index is 1670. The van der Waals surface area contributed by atoms with E-state index >= 15 is 0 Å². The van der Waals surface area contributed by atoms with E-state index in [0.29, 0.717) is 54.7 Å². The molecule has 0 spiro atoms. The number of hydroxylamine groups is 2. The van der Waals surface area contributed by atoms with E-state index in [1.807, 2.05) is 44.2 Å². The third kappa shape index (κ3) is 12.9. The van der Waals surface area contributed by atoms with Crippen molar-refractivity contribution in [1.82, 2.24) is 15.7 Å². The average molecular weight is 742 g/mol. The van der Waals surface area contributed by atoms with Crippen LogP contribution in [0.4, 0.5) is 4.79 Å². The number of nitrogens with zero attached hydrogens (tertiary/aromatic N) is 1. The molecule has 284 valence electrons. The summed E-state index contributed by atoms with van der Waals surface area (Å²) >= 11 is 0. The number of benzene rings is 2. The summed E-state index contributed by atoms with van der Waals surface area (Å²) in [5.41, 5.74) is 0.578. The normalized spacial score (nSPS) is 13.6. The van der Waals surface area contributed by atoms with Crippen molar-refractivity contribution in [2.75, 3.05) is 19.9 Å². The van der Waals surface area contributed by atoms with Crippen LogP contribution >= 0.6 is 7.37 Å². The second-order valence-corrected chi connectivity index (χ2v) is 15.7. The highest BCUT2D eigenvalue weighted by Crippen LogP contribution is 2.44. The van der Waals surface area contributed by atoms with Gasteiger partial charge in [0, 0.05) is 17.5 Å². The average Bonchev–Trinajstić information content (AvgIpc) is 3.60. The molecule has 3 amide bonds. The summed E-state index contributed by atoms with van der Waals surface area (Å²) in [6.45, 7) is 12.5. The van der Waals surface area contributed by atoms with E-state index in [9.17, 15) is 23.7 Å². The van der Waals surface area contributed by atoms with E-state index < -0.39 is 42.9 Å². The molecule has 3 aromatic rings. The fourth-order valence-corrected chi connectivity index (χ4v) is 6.66. The summed E-state index contributed by atoms with van der Waals surface area (Å²) in [4.78, 5) is 56.1. The molecular weight excluding hydrogens is 689 g/mol. The zero-order valence-electron chi connectivity index (χ0n) is 31.1. The van der Waals surface area contributed by atoms with Crippen LogP contribution in [0.3, 0.4) is 0 Å². The smallest absolute Gasteiger partial charge is 0.494 e. The van der Waals surface area contributed by atoms with Gasteiger partial charge in [-0.3, -0.25) is 18.9 Å². The van der Waals surface area contributed by atoms with E-state index in [0.717, 1.165) is 23.5 Å². The van der Waals surface area contributed by atoms with Gasteiger partial charge in [0.2, 0.25) is 19.7 Å². The molecule has 0 aliphatic rings. The van der Waals surface area contributed by atoms with Crippen LogP contribution in [-0.4, -0.2) is 61.0 Å². The number of carbonyl (C=O) groups is 4. The largest absolute Gasteiger partial charge is 0.534 e. The molecule has 0 bridgehead atoms. The number of hydrogen-bond donors (Lipinski definition) is 2. The minimum Gasteiger partial charge on any atom is -0.494 e. The molecule has 52 heavy (non-hydrogen) atoms. The molecule has 1 aromatic heterocycles. The number of furan rings is 1. The maximum absolute atomic E-state index is 13.7. The van der Waals surface area contributed by atoms with Gasteiger partial charge in [-0.2, -0.15) is 5.06 Å². The summed E-state index contributed by atoms with van der Waals surface area (Å²) < 4.78 is 36.4. The van der Waals surface area contributed by atoms with Crippen molar-refractivity contribution in [2.45, 2.75) is 91.9 Å². The van der Waals surface area contributed by atoms with Gasteiger partial charge in [0.05, 0.1) is 31.8 Å². The van der Waals surface area contributed by atoms with Crippen LogP contribution in [0.15, 0.2) is 65.1 Å². The van der Waals surface area contributed by atoms with Crippen molar-refractivity contribution in [3.8, 4) is 17.1 Å². The molecule has 13 nitrogen and oxygen atoms in total. The SMILES string of the molecule is CCCCC[C@@H](C(=O)NCNC(=O)c1ccc(-c2cc(OCC)cc(P(C)(=O)OCc3ccccc3)c2)o1)[C@@H](CC)N(C=O)OC(=O)OC(C)(C)C. The highest BCUT2D eigenvalue weighted by molar-refractivity contribution is 7.66. The fraction of sp³-hybridized carbons (Fsp3) is 0.474. The van der Waals surface area contributed by atoms with Gasteiger partial charge in [-0.1, -0.05) is 63.4 Å².